The van der Waals surface area contributed by atoms with Crippen molar-refractivity contribution >= 4 is 52.5 Å². The van der Waals surface area contributed by atoms with E-state index in [4.69, 9.17) is 27.6 Å². The smallest absolute Gasteiger partial charge is 0.254 e. The number of nitrogens with one attached hydrogen (secondary N) is 1. The number of benzene rings is 3. The summed E-state index contributed by atoms with van der Waals surface area (Å²) in [6.45, 7) is 4.52. The van der Waals surface area contributed by atoms with Gasteiger partial charge >= 0.3 is 0 Å². The number of carbonyl (C=O) groups excluding carboxylic acids is 2. The first-order chi connectivity index (χ1) is 18.9. The van der Waals surface area contributed by atoms with Crippen molar-refractivity contribution in [1.82, 2.24) is 4.90 Å². The molecule has 1 N–H and O–H groups in total. The van der Waals surface area contributed by atoms with Crippen LogP contribution in [0.3, 0.4) is 0 Å². The van der Waals surface area contributed by atoms with E-state index in [2.05, 4.69) is 10.2 Å². The highest BCUT2D eigenvalue weighted by Gasteiger charge is 2.24. The Morgan fingerprint density at radius 2 is 1.64 bits per heavy atom. The topological polar surface area (TPSA) is 65.8 Å². The van der Waals surface area contributed by atoms with E-state index in [-0.39, 0.29) is 11.8 Å². The van der Waals surface area contributed by atoms with Crippen LogP contribution in [0.15, 0.2) is 89.4 Å². The number of amides is 2. The van der Waals surface area contributed by atoms with Crippen LogP contribution >= 0.6 is 23.2 Å². The fraction of sp³-hybridized carbons (Fsp3) is 0.161. The summed E-state index contributed by atoms with van der Waals surface area (Å²) in [5.74, 6) is 1.00. The number of hydrogen-bond acceptors (Lipinski definition) is 4. The van der Waals surface area contributed by atoms with Gasteiger partial charge in [-0.1, -0.05) is 41.4 Å². The van der Waals surface area contributed by atoms with Crippen molar-refractivity contribution in [2.75, 3.05) is 36.4 Å². The Hall–Kier alpha value is -4.00. The van der Waals surface area contributed by atoms with Crippen LogP contribution in [0.25, 0.3) is 17.4 Å². The van der Waals surface area contributed by atoms with Gasteiger partial charge in [0.15, 0.2) is 0 Å². The largest absolute Gasteiger partial charge is 0.457 e. The van der Waals surface area contributed by atoms with E-state index < -0.39 is 0 Å². The zero-order chi connectivity index (χ0) is 27.4. The molecule has 1 aliphatic heterocycles. The Balaban J connectivity index is 1.16. The summed E-state index contributed by atoms with van der Waals surface area (Å²) >= 11 is 12.5. The van der Waals surface area contributed by atoms with Crippen molar-refractivity contribution < 1.29 is 14.0 Å². The molecule has 4 aromatic rings. The molecule has 5 rings (SSSR count). The minimum Gasteiger partial charge on any atom is -0.457 e. The molecule has 2 heterocycles. The average Bonchev–Trinajstić information content (AvgIpc) is 3.42. The van der Waals surface area contributed by atoms with E-state index in [0.717, 1.165) is 22.4 Å². The van der Waals surface area contributed by atoms with Crippen LogP contribution in [0.4, 0.5) is 11.4 Å². The van der Waals surface area contributed by atoms with Gasteiger partial charge in [0.05, 0.1) is 10.7 Å². The van der Waals surface area contributed by atoms with E-state index in [9.17, 15) is 9.59 Å². The SMILES string of the molecule is Cc1ccccc1C(=O)N1CCN(c2ccc(NC(=O)C=Cc3ccc(-c4ccc(Cl)cc4)o3)cc2Cl)CC1. The lowest BCUT2D eigenvalue weighted by atomic mass is 10.1. The van der Waals surface area contributed by atoms with Crippen LogP contribution in [0.5, 0.6) is 0 Å². The van der Waals surface area contributed by atoms with Gasteiger partial charge in [-0.05, 0) is 79.2 Å². The fourth-order valence-electron chi connectivity index (χ4n) is 4.53. The van der Waals surface area contributed by atoms with Gasteiger partial charge in [0.2, 0.25) is 5.91 Å². The number of piperazine rings is 1. The summed E-state index contributed by atoms with van der Waals surface area (Å²) < 4.78 is 5.80. The molecule has 0 unspecified atom stereocenters. The number of aryl methyl sites for hydroxylation is 1. The van der Waals surface area contributed by atoms with E-state index in [1.807, 2.05) is 66.4 Å². The van der Waals surface area contributed by atoms with Gasteiger partial charge in [-0.15, -0.1) is 0 Å². The van der Waals surface area contributed by atoms with Gasteiger partial charge in [0.25, 0.3) is 5.91 Å². The summed E-state index contributed by atoms with van der Waals surface area (Å²) in [7, 11) is 0. The van der Waals surface area contributed by atoms with Crippen molar-refractivity contribution in [2.24, 2.45) is 0 Å². The van der Waals surface area contributed by atoms with Gasteiger partial charge in [-0.3, -0.25) is 9.59 Å². The number of carbonyl (C=O) groups is 2. The molecule has 0 aliphatic carbocycles. The third kappa shape index (κ3) is 6.36. The van der Waals surface area contributed by atoms with Crippen LogP contribution in [0.2, 0.25) is 10.0 Å². The van der Waals surface area contributed by atoms with Crippen molar-refractivity contribution in [1.29, 1.82) is 0 Å². The third-order valence-corrected chi connectivity index (χ3v) is 7.21. The predicted molar refractivity (Wildman–Crippen MR) is 158 cm³/mol. The molecule has 6 nitrogen and oxygen atoms in total. The monoisotopic (exact) mass is 559 g/mol. The van der Waals surface area contributed by atoms with E-state index in [0.29, 0.717) is 53.4 Å². The van der Waals surface area contributed by atoms with Crippen LogP contribution in [-0.2, 0) is 4.79 Å². The number of nitrogens with zero attached hydrogens (tertiary/aromatic N) is 2. The maximum Gasteiger partial charge on any atom is 0.254 e. The van der Waals surface area contributed by atoms with E-state index in [1.54, 1.807) is 30.3 Å². The lowest BCUT2D eigenvalue weighted by molar-refractivity contribution is -0.111. The molecule has 0 atom stereocenters. The highest BCUT2D eigenvalue weighted by molar-refractivity contribution is 6.33. The second kappa shape index (κ2) is 11.8. The quantitative estimate of drug-likeness (QED) is 0.254. The molecule has 198 valence electrons. The molecule has 8 heteroatoms. The molecule has 39 heavy (non-hydrogen) atoms. The number of furan rings is 1. The van der Waals surface area contributed by atoms with Crippen molar-refractivity contribution in [2.45, 2.75) is 6.92 Å². The Labute approximate surface area is 237 Å². The molecular formula is C31H27Cl2N3O3. The molecule has 0 saturated carbocycles. The van der Waals surface area contributed by atoms with Crippen LogP contribution in [0.1, 0.15) is 21.7 Å². The Kier molecular flexibility index (Phi) is 8.05. The van der Waals surface area contributed by atoms with Gasteiger partial charge in [0.1, 0.15) is 11.5 Å². The van der Waals surface area contributed by atoms with Gasteiger partial charge in [0, 0.05) is 54.1 Å². The van der Waals surface area contributed by atoms with Crippen LogP contribution in [0, 0.1) is 6.92 Å². The molecule has 2 amide bonds. The zero-order valence-corrected chi connectivity index (χ0v) is 22.9. The summed E-state index contributed by atoms with van der Waals surface area (Å²) in [6, 6.07) is 24.1. The summed E-state index contributed by atoms with van der Waals surface area (Å²) in [4.78, 5) is 29.5. The summed E-state index contributed by atoms with van der Waals surface area (Å²) in [5, 5.41) is 4.03. The zero-order valence-electron chi connectivity index (χ0n) is 21.4. The molecule has 0 spiro atoms. The molecule has 1 aliphatic rings. The Bertz CT molecular complexity index is 1520. The number of hydrogen-bond donors (Lipinski definition) is 1. The first-order valence-electron chi connectivity index (χ1n) is 12.6. The molecule has 1 saturated heterocycles. The molecule has 1 aromatic heterocycles. The van der Waals surface area contributed by atoms with Crippen LogP contribution < -0.4 is 10.2 Å². The number of rotatable bonds is 6. The van der Waals surface area contributed by atoms with Crippen molar-refractivity contribution in [3.05, 3.63) is 112 Å². The predicted octanol–water partition coefficient (Wildman–Crippen LogP) is 7.18. The first-order valence-corrected chi connectivity index (χ1v) is 13.4. The summed E-state index contributed by atoms with van der Waals surface area (Å²) in [6.07, 6.45) is 3.03. The van der Waals surface area contributed by atoms with Crippen molar-refractivity contribution in [3.63, 3.8) is 0 Å². The molecule has 0 bridgehead atoms. The van der Waals surface area contributed by atoms with Crippen LogP contribution in [-0.4, -0.2) is 42.9 Å². The van der Waals surface area contributed by atoms with E-state index in [1.165, 1.54) is 6.08 Å². The average molecular weight is 560 g/mol. The number of halogens is 2. The maximum absolute atomic E-state index is 12.9. The first kappa shape index (κ1) is 26.6. The number of anilines is 2. The second-order valence-electron chi connectivity index (χ2n) is 9.29. The molecule has 0 radical (unpaired) electrons. The fourth-order valence-corrected chi connectivity index (χ4v) is 4.95. The molecule has 3 aromatic carbocycles. The highest BCUT2D eigenvalue weighted by Crippen LogP contribution is 2.30. The standard InChI is InChI=1S/C31H27Cl2N3O3/c1-21-4-2-3-5-26(21)31(38)36-18-16-35(17-19-36)28-13-10-24(20-27(28)33)34-30(37)15-12-25-11-14-29(39-25)22-6-8-23(32)9-7-22/h2-15,20H,16-19H2,1H3,(H,34,37). The van der Waals surface area contributed by atoms with Crippen molar-refractivity contribution in [3.8, 4) is 11.3 Å². The lowest BCUT2D eigenvalue weighted by Gasteiger charge is -2.36. The highest BCUT2D eigenvalue weighted by atomic mass is 35.5. The van der Waals surface area contributed by atoms with Gasteiger partial charge < -0.3 is 19.5 Å². The summed E-state index contributed by atoms with van der Waals surface area (Å²) in [5.41, 5.74) is 4.09. The normalized spacial score (nSPS) is 13.6. The minimum absolute atomic E-state index is 0.0562. The Morgan fingerprint density at radius 1 is 0.897 bits per heavy atom. The third-order valence-electron chi connectivity index (χ3n) is 6.65. The Morgan fingerprint density at radius 3 is 2.36 bits per heavy atom. The minimum atomic E-state index is -0.299. The van der Waals surface area contributed by atoms with E-state index >= 15 is 0 Å². The molecular weight excluding hydrogens is 533 g/mol. The second-order valence-corrected chi connectivity index (χ2v) is 10.1. The maximum atomic E-state index is 12.9. The molecule has 1 fully saturated rings. The van der Waals surface area contributed by atoms with Gasteiger partial charge in [-0.2, -0.15) is 0 Å². The lowest BCUT2D eigenvalue weighted by Crippen LogP contribution is -2.49. The van der Waals surface area contributed by atoms with Gasteiger partial charge in [-0.25, -0.2) is 0 Å².